The summed E-state index contributed by atoms with van der Waals surface area (Å²) in [4.78, 5) is 0.271. The third-order valence-corrected chi connectivity index (χ3v) is 4.82. The van der Waals surface area contributed by atoms with E-state index in [0.29, 0.717) is 0 Å². The number of rotatable bonds is 5. The first-order chi connectivity index (χ1) is 9.40. The fraction of sp³-hybridized carbons (Fsp3) is 0.333. The number of fused-ring (bicyclic) bond motifs is 1. The molecule has 3 N–H and O–H groups in total. The van der Waals surface area contributed by atoms with Gasteiger partial charge in [0, 0.05) is 12.6 Å². The molecule has 4 nitrogen and oxygen atoms in total. The van der Waals surface area contributed by atoms with Crippen LogP contribution in [0.5, 0.6) is 0 Å². The number of sulfonamides is 1. The van der Waals surface area contributed by atoms with E-state index < -0.39 is 10.0 Å². The maximum atomic E-state index is 12.2. The molecule has 0 aliphatic rings. The van der Waals surface area contributed by atoms with Gasteiger partial charge in [0.1, 0.15) is 0 Å². The van der Waals surface area contributed by atoms with Crippen LogP contribution in [0.2, 0.25) is 0 Å². The molecule has 0 amide bonds. The molecule has 2 aromatic rings. The van der Waals surface area contributed by atoms with Gasteiger partial charge in [0.15, 0.2) is 0 Å². The Morgan fingerprint density at radius 1 is 1.10 bits per heavy atom. The highest BCUT2D eigenvalue weighted by atomic mass is 32.2. The molecule has 0 aromatic heterocycles. The van der Waals surface area contributed by atoms with Gasteiger partial charge in [-0.25, -0.2) is 13.1 Å². The van der Waals surface area contributed by atoms with E-state index in [0.717, 1.165) is 10.8 Å². The number of benzene rings is 2. The predicted octanol–water partition coefficient (Wildman–Crippen LogP) is 2.10. The van der Waals surface area contributed by atoms with Gasteiger partial charge in [0.25, 0.3) is 0 Å². The molecular weight excluding hydrogens is 272 g/mol. The molecule has 2 rings (SSSR count). The van der Waals surface area contributed by atoms with Gasteiger partial charge in [-0.1, -0.05) is 44.2 Å². The Hall–Kier alpha value is -1.43. The highest BCUT2D eigenvalue weighted by molar-refractivity contribution is 7.89. The van der Waals surface area contributed by atoms with Crippen LogP contribution in [-0.4, -0.2) is 21.0 Å². The molecule has 0 fully saturated rings. The van der Waals surface area contributed by atoms with Crippen LogP contribution in [0.15, 0.2) is 47.4 Å². The molecular formula is C15H20N2O2S. The standard InChI is InChI=1S/C15H20N2O2S/c1-11(2)15(16)10-17-20(18,19)14-8-7-12-5-3-4-6-13(12)9-14/h3-9,11,15,17H,10,16H2,1-2H3. The lowest BCUT2D eigenvalue weighted by molar-refractivity contribution is 0.481. The van der Waals surface area contributed by atoms with Gasteiger partial charge >= 0.3 is 0 Å². The molecule has 1 atom stereocenters. The quantitative estimate of drug-likeness (QED) is 0.886. The largest absolute Gasteiger partial charge is 0.326 e. The van der Waals surface area contributed by atoms with Gasteiger partial charge in [0.05, 0.1) is 4.90 Å². The summed E-state index contributed by atoms with van der Waals surface area (Å²) in [5, 5.41) is 1.92. The van der Waals surface area contributed by atoms with E-state index in [1.807, 2.05) is 44.2 Å². The van der Waals surface area contributed by atoms with E-state index in [9.17, 15) is 8.42 Å². The van der Waals surface area contributed by atoms with Crippen LogP contribution in [0.3, 0.4) is 0 Å². The van der Waals surface area contributed by atoms with Crippen LogP contribution < -0.4 is 10.5 Å². The highest BCUT2D eigenvalue weighted by Gasteiger charge is 2.16. The van der Waals surface area contributed by atoms with Crippen LogP contribution >= 0.6 is 0 Å². The minimum absolute atomic E-state index is 0.190. The second-order valence-electron chi connectivity index (χ2n) is 5.27. The molecule has 5 heteroatoms. The van der Waals surface area contributed by atoms with Crippen molar-refractivity contribution in [2.45, 2.75) is 24.8 Å². The maximum Gasteiger partial charge on any atom is 0.240 e. The fourth-order valence-corrected chi connectivity index (χ4v) is 2.97. The van der Waals surface area contributed by atoms with E-state index in [1.165, 1.54) is 0 Å². The van der Waals surface area contributed by atoms with Crippen LogP contribution in [0, 0.1) is 5.92 Å². The van der Waals surface area contributed by atoms with Crippen LogP contribution in [0.25, 0.3) is 10.8 Å². The Labute approximate surface area is 120 Å². The Bertz CT molecular complexity index is 696. The second kappa shape index (κ2) is 5.91. The summed E-state index contributed by atoms with van der Waals surface area (Å²) < 4.78 is 27.0. The zero-order chi connectivity index (χ0) is 14.8. The predicted molar refractivity (Wildman–Crippen MR) is 81.9 cm³/mol. The van der Waals surface area contributed by atoms with Crippen molar-refractivity contribution in [1.29, 1.82) is 0 Å². The first kappa shape index (κ1) is 15.0. The number of nitrogens with one attached hydrogen (secondary N) is 1. The number of hydrogen-bond acceptors (Lipinski definition) is 3. The molecule has 1 unspecified atom stereocenters. The van der Waals surface area contributed by atoms with Crippen molar-refractivity contribution in [3.63, 3.8) is 0 Å². The van der Waals surface area contributed by atoms with E-state index in [4.69, 9.17) is 5.73 Å². The van der Waals surface area contributed by atoms with E-state index in [-0.39, 0.29) is 23.4 Å². The average molecular weight is 292 g/mol. The minimum atomic E-state index is -3.51. The lowest BCUT2D eigenvalue weighted by Gasteiger charge is -2.16. The molecule has 20 heavy (non-hydrogen) atoms. The monoisotopic (exact) mass is 292 g/mol. The normalized spacial score (nSPS) is 13.8. The summed E-state index contributed by atoms with van der Waals surface area (Å²) in [6.45, 7) is 4.18. The van der Waals surface area contributed by atoms with Crippen molar-refractivity contribution in [2.24, 2.45) is 11.7 Å². The molecule has 0 spiro atoms. The van der Waals surface area contributed by atoms with Crippen molar-refractivity contribution in [3.8, 4) is 0 Å². The third-order valence-electron chi connectivity index (χ3n) is 3.40. The lowest BCUT2D eigenvalue weighted by Crippen LogP contribution is -2.40. The summed E-state index contributed by atoms with van der Waals surface area (Å²) in [5.74, 6) is 0.231. The number of nitrogens with two attached hydrogens (primary N) is 1. The molecule has 0 bridgehead atoms. The molecule has 0 heterocycles. The van der Waals surface area contributed by atoms with Crippen LogP contribution in [-0.2, 0) is 10.0 Å². The summed E-state index contributed by atoms with van der Waals surface area (Å²) >= 11 is 0. The zero-order valence-electron chi connectivity index (χ0n) is 11.7. The minimum Gasteiger partial charge on any atom is -0.326 e. The second-order valence-corrected chi connectivity index (χ2v) is 7.04. The Morgan fingerprint density at radius 2 is 1.75 bits per heavy atom. The summed E-state index contributed by atoms with van der Waals surface area (Å²) in [6, 6.07) is 12.6. The fourth-order valence-electron chi connectivity index (χ4n) is 1.86. The van der Waals surface area contributed by atoms with Crippen molar-refractivity contribution in [3.05, 3.63) is 42.5 Å². The molecule has 108 valence electrons. The molecule has 0 saturated heterocycles. The molecule has 0 aliphatic carbocycles. The Balaban J connectivity index is 2.23. The van der Waals surface area contributed by atoms with Gasteiger partial charge in [0.2, 0.25) is 10.0 Å². The molecule has 0 radical (unpaired) electrons. The zero-order valence-corrected chi connectivity index (χ0v) is 12.5. The molecule has 0 saturated carbocycles. The van der Waals surface area contributed by atoms with Crippen molar-refractivity contribution in [2.75, 3.05) is 6.54 Å². The molecule has 2 aromatic carbocycles. The summed E-state index contributed by atoms with van der Waals surface area (Å²) in [7, 11) is -3.51. The van der Waals surface area contributed by atoms with Crippen LogP contribution in [0.4, 0.5) is 0 Å². The van der Waals surface area contributed by atoms with Crippen molar-refractivity contribution in [1.82, 2.24) is 4.72 Å². The van der Waals surface area contributed by atoms with Gasteiger partial charge in [-0.15, -0.1) is 0 Å². The third kappa shape index (κ3) is 3.36. The van der Waals surface area contributed by atoms with E-state index >= 15 is 0 Å². The van der Waals surface area contributed by atoms with Gasteiger partial charge in [-0.2, -0.15) is 0 Å². The average Bonchev–Trinajstić information content (AvgIpc) is 2.44. The van der Waals surface area contributed by atoms with Gasteiger partial charge in [-0.3, -0.25) is 0 Å². The van der Waals surface area contributed by atoms with Crippen molar-refractivity contribution < 1.29 is 8.42 Å². The Morgan fingerprint density at radius 3 is 2.40 bits per heavy atom. The molecule has 0 aliphatic heterocycles. The SMILES string of the molecule is CC(C)C(N)CNS(=O)(=O)c1ccc2ccccc2c1. The van der Waals surface area contributed by atoms with Gasteiger partial charge < -0.3 is 5.73 Å². The first-order valence-corrected chi connectivity index (χ1v) is 8.12. The van der Waals surface area contributed by atoms with E-state index in [2.05, 4.69) is 4.72 Å². The smallest absolute Gasteiger partial charge is 0.240 e. The maximum absolute atomic E-state index is 12.2. The Kier molecular flexibility index (Phi) is 4.42. The van der Waals surface area contributed by atoms with E-state index in [1.54, 1.807) is 12.1 Å². The number of hydrogen-bond donors (Lipinski definition) is 2. The highest BCUT2D eigenvalue weighted by Crippen LogP contribution is 2.18. The first-order valence-electron chi connectivity index (χ1n) is 6.64. The van der Waals surface area contributed by atoms with Gasteiger partial charge in [-0.05, 0) is 28.8 Å². The summed E-state index contributed by atoms with van der Waals surface area (Å²) in [5.41, 5.74) is 5.87. The summed E-state index contributed by atoms with van der Waals surface area (Å²) in [6.07, 6.45) is 0. The van der Waals surface area contributed by atoms with Crippen molar-refractivity contribution >= 4 is 20.8 Å². The lowest BCUT2D eigenvalue weighted by atomic mass is 10.1. The van der Waals surface area contributed by atoms with Crippen LogP contribution in [0.1, 0.15) is 13.8 Å². The topological polar surface area (TPSA) is 72.2 Å².